The fourth-order valence-electron chi connectivity index (χ4n) is 2.91. The van der Waals surface area contributed by atoms with Crippen LogP contribution in [-0.4, -0.2) is 8.32 Å². The summed E-state index contributed by atoms with van der Waals surface area (Å²) in [7, 11) is -1.79. The van der Waals surface area contributed by atoms with Crippen LogP contribution in [0.2, 0.25) is 18.1 Å². The van der Waals surface area contributed by atoms with Gasteiger partial charge in [-0.15, -0.1) is 11.3 Å². The Hall–Kier alpha value is -1.93. The van der Waals surface area contributed by atoms with Gasteiger partial charge in [-0.2, -0.15) is 5.26 Å². The molecule has 0 aliphatic heterocycles. The summed E-state index contributed by atoms with van der Waals surface area (Å²) in [6.07, 6.45) is 0. The van der Waals surface area contributed by atoms with Gasteiger partial charge in [0.05, 0.1) is 6.61 Å². The molecule has 0 saturated carbocycles. The molecule has 27 heavy (non-hydrogen) atoms. The van der Waals surface area contributed by atoms with Crippen LogP contribution in [0.5, 0.6) is 0 Å². The molecule has 140 valence electrons. The minimum absolute atomic E-state index is 0.194. The quantitative estimate of drug-likeness (QED) is 0.437. The molecular weight excluding hydrogens is 366 g/mol. The van der Waals surface area contributed by atoms with E-state index in [9.17, 15) is 5.26 Å². The molecule has 0 aliphatic carbocycles. The second-order valence-corrected chi connectivity index (χ2v) is 14.5. The van der Waals surface area contributed by atoms with Crippen LogP contribution in [0, 0.1) is 18.3 Å². The minimum Gasteiger partial charge on any atom is -0.413 e. The van der Waals surface area contributed by atoms with Crippen LogP contribution in [0.4, 0.5) is 0 Å². The third-order valence-corrected chi connectivity index (χ3v) is 11.2. The van der Waals surface area contributed by atoms with E-state index in [1.807, 2.05) is 12.1 Å². The molecule has 0 saturated heterocycles. The largest absolute Gasteiger partial charge is 0.413 e. The Morgan fingerprint density at radius 3 is 2.44 bits per heavy atom. The third-order valence-electron chi connectivity index (χ3n) is 5.67. The fourth-order valence-corrected chi connectivity index (χ4v) is 4.87. The van der Waals surface area contributed by atoms with Crippen molar-refractivity contribution in [2.24, 2.45) is 0 Å². The van der Waals surface area contributed by atoms with Crippen LogP contribution >= 0.6 is 11.3 Å². The molecule has 0 N–H and O–H groups in total. The number of fused-ring (bicyclic) bond motifs is 1. The predicted molar refractivity (Wildman–Crippen MR) is 119 cm³/mol. The zero-order chi connectivity index (χ0) is 19.8. The Kier molecular flexibility index (Phi) is 5.31. The van der Waals surface area contributed by atoms with Gasteiger partial charge in [-0.05, 0) is 53.9 Å². The molecule has 0 spiro atoms. The topological polar surface area (TPSA) is 33.0 Å². The van der Waals surface area contributed by atoms with Crippen LogP contribution in [0.3, 0.4) is 0 Å². The first-order valence-electron chi connectivity index (χ1n) is 9.29. The maximum Gasteiger partial charge on any atom is 0.192 e. The van der Waals surface area contributed by atoms with E-state index in [1.54, 1.807) is 11.3 Å². The van der Waals surface area contributed by atoms with Crippen molar-refractivity contribution < 1.29 is 4.43 Å². The summed E-state index contributed by atoms with van der Waals surface area (Å²) in [6.45, 7) is 14.1. The highest BCUT2D eigenvalue weighted by Crippen LogP contribution is 2.41. The standard InChI is InChI=1S/C23H27NOSSi/c1-16-9-7-8-10-18(16)22-19-13-17(11-12-20(19)26-21(22)14-24)15-25-27(5,6)23(2,3)4/h7-13H,15H2,1-6H3. The van der Waals surface area contributed by atoms with Gasteiger partial charge >= 0.3 is 0 Å². The molecule has 0 fully saturated rings. The van der Waals surface area contributed by atoms with Crippen molar-refractivity contribution in [3.8, 4) is 17.2 Å². The van der Waals surface area contributed by atoms with Gasteiger partial charge in [0, 0.05) is 15.6 Å². The summed E-state index contributed by atoms with van der Waals surface area (Å²) in [6, 6.07) is 17.2. The summed E-state index contributed by atoms with van der Waals surface area (Å²) in [4.78, 5) is 0.779. The zero-order valence-corrected chi connectivity index (χ0v) is 18.8. The molecule has 2 nitrogen and oxygen atoms in total. The number of thiophene rings is 1. The molecule has 1 heterocycles. The number of aryl methyl sites for hydroxylation is 1. The maximum atomic E-state index is 9.68. The van der Waals surface area contributed by atoms with E-state index in [0.29, 0.717) is 6.61 Å². The normalized spacial score (nSPS) is 12.3. The first-order chi connectivity index (χ1) is 12.6. The summed E-state index contributed by atoms with van der Waals surface area (Å²) in [5, 5.41) is 11.0. The second kappa shape index (κ2) is 7.24. The lowest BCUT2D eigenvalue weighted by molar-refractivity contribution is 0.276. The molecule has 0 aliphatic rings. The molecule has 0 unspecified atom stereocenters. The van der Waals surface area contributed by atoms with E-state index in [0.717, 1.165) is 26.1 Å². The van der Waals surface area contributed by atoms with E-state index in [2.05, 4.69) is 77.2 Å². The number of nitriles is 1. The lowest BCUT2D eigenvalue weighted by atomic mass is 9.97. The lowest BCUT2D eigenvalue weighted by Crippen LogP contribution is -2.40. The lowest BCUT2D eigenvalue weighted by Gasteiger charge is -2.36. The monoisotopic (exact) mass is 393 g/mol. The number of benzene rings is 2. The Morgan fingerprint density at radius 1 is 1.11 bits per heavy atom. The Balaban J connectivity index is 2.04. The van der Waals surface area contributed by atoms with Gasteiger partial charge in [-0.1, -0.05) is 51.1 Å². The average Bonchev–Trinajstić information content (AvgIpc) is 2.97. The highest BCUT2D eigenvalue weighted by Gasteiger charge is 2.37. The predicted octanol–water partition coefficient (Wildman–Crippen LogP) is 7.27. The second-order valence-electron chi connectivity index (χ2n) is 8.61. The molecular formula is C23H27NOSSi. The van der Waals surface area contributed by atoms with E-state index in [4.69, 9.17) is 4.43 Å². The first kappa shape index (κ1) is 19.8. The molecule has 4 heteroatoms. The number of hydrogen-bond donors (Lipinski definition) is 0. The van der Waals surface area contributed by atoms with E-state index < -0.39 is 8.32 Å². The maximum absolute atomic E-state index is 9.68. The van der Waals surface area contributed by atoms with Gasteiger partial charge in [0.2, 0.25) is 0 Å². The van der Waals surface area contributed by atoms with Gasteiger partial charge in [0.25, 0.3) is 0 Å². The Bertz CT molecular complexity index is 1020. The molecule has 0 amide bonds. The van der Waals surface area contributed by atoms with Crippen LogP contribution in [0.15, 0.2) is 42.5 Å². The Labute approximate surface area is 167 Å². The highest BCUT2D eigenvalue weighted by atomic mass is 32.1. The van der Waals surface area contributed by atoms with Crippen molar-refractivity contribution in [3.63, 3.8) is 0 Å². The van der Waals surface area contributed by atoms with Gasteiger partial charge in [-0.25, -0.2) is 0 Å². The fraction of sp³-hybridized carbons (Fsp3) is 0.348. The van der Waals surface area contributed by atoms with Crippen LogP contribution in [-0.2, 0) is 11.0 Å². The van der Waals surface area contributed by atoms with E-state index >= 15 is 0 Å². The van der Waals surface area contributed by atoms with Crippen LogP contribution in [0.25, 0.3) is 21.2 Å². The van der Waals surface area contributed by atoms with Crippen molar-refractivity contribution >= 4 is 29.7 Å². The number of hydrogen-bond acceptors (Lipinski definition) is 3. The van der Waals surface area contributed by atoms with Crippen molar-refractivity contribution in [2.45, 2.75) is 52.4 Å². The summed E-state index contributed by atoms with van der Waals surface area (Å²) < 4.78 is 7.56. The van der Waals surface area contributed by atoms with Gasteiger partial charge in [0.1, 0.15) is 10.9 Å². The molecule has 1 aromatic heterocycles. The number of nitrogens with zero attached hydrogens (tertiary/aromatic N) is 1. The highest BCUT2D eigenvalue weighted by molar-refractivity contribution is 7.20. The van der Waals surface area contributed by atoms with Crippen molar-refractivity contribution in [1.29, 1.82) is 5.26 Å². The van der Waals surface area contributed by atoms with Gasteiger partial charge in [0.15, 0.2) is 8.32 Å². The first-order valence-corrected chi connectivity index (χ1v) is 13.0. The Morgan fingerprint density at radius 2 is 1.81 bits per heavy atom. The molecule has 3 aromatic rings. The summed E-state index contributed by atoms with van der Waals surface area (Å²) in [5.74, 6) is 0. The number of rotatable bonds is 4. The summed E-state index contributed by atoms with van der Waals surface area (Å²) in [5.41, 5.74) is 4.56. The van der Waals surface area contributed by atoms with Crippen molar-refractivity contribution in [2.75, 3.05) is 0 Å². The molecule has 0 radical (unpaired) electrons. The molecule has 3 rings (SSSR count). The minimum atomic E-state index is -1.79. The third kappa shape index (κ3) is 3.86. The van der Waals surface area contributed by atoms with E-state index in [1.165, 1.54) is 11.1 Å². The van der Waals surface area contributed by atoms with E-state index in [-0.39, 0.29) is 5.04 Å². The zero-order valence-electron chi connectivity index (χ0n) is 17.0. The van der Waals surface area contributed by atoms with Crippen LogP contribution in [0.1, 0.15) is 36.8 Å². The molecule has 0 bridgehead atoms. The van der Waals surface area contributed by atoms with Crippen LogP contribution < -0.4 is 0 Å². The van der Waals surface area contributed by atoms with Crippen molar-refractivity contribution in [3.05, 3.63) is 58.5 Å². The smallest absolute Gasteiger partial charge is 0.192 e. The van der Waals surface area contributed by atoms with Gasteiger partial charge in [-0.3, -0.25) is 0 Å². The molecule has 0 atom stereocenters. The summed E-state index contributed by atoms with van der Waals surface area (Å²) >= 11 is 1.57. The SMILES string of the molecule is Cc1ccccc1-c1c(C#N)sc2ccc(CO[Si](C)(C)C(C)(C)C)cc12. The molecule has 2 aromatic carbocycles. The average molecular weight is 394 g/mol. The van der Waals surface area contributed by atoms with Gasteiger partial charge < -0.3 is 4.43 Å². The van der Waals surface area contributed by atoms with Crippen molar-refractivity contribution in [1.82, 2.24) is 0 Å².